The second kappa shape index (κ2) is 8.30. The molecule has 2 aliphatic heterocycles. The van der Waals surface area contributed by atoms with E-state index >= 15 is 0 Å². The van der Waals surface area contributed by atoms with E-state index in [1.807, 2.05) is 24.3 Å². The third-order valence-electron chi connectivity index (χ3n) is 5.77. The summed E-state index contributed by atoms with van der Waals surface area (Å²) >= 11 is 0. The van der Waals surface area contributed by atoms with E-state index in [9.17, 15) is 21.6 Å². The number of hydrogen-bond acceptors (Lipinski definition) is 3. The molecule has 2 aromatic carbocycles. The Morgan fingerprint density at radius 1 is 0.800 bits per heavy atom. The Morgan fingerprint density at radius 3 is 2.07 bits per heavy atom. The number of piperazine rings is 1. The highest BCUT2D eigenvalue weighted by Gasteiger charge is 2.34. The van der Waals surface area contributed by atoms with Crippen LogP contribution in [0, 0.1) is 0 Å². The van der Waals surface area contributed by atoms with Gasteiger partial charge in [-0.1, -0.05) is 36.4 Å². The van der Waals surface area contributed by atoms with Gasteiger partial charge in [0.1, 0.15) is 0 Å². The molecule has 0 bridgehead atoms. The predicted molar refractivity (Wildman–Crippen MR) is 108 cm³/mol. The van der Waals surface area contributed by atoms with Gasteiger partial charge in [-0.15, -0.1) is 0 Å². The molecule has 0 saturated carbocycles. The Balaban J connectivity index is 1.34. The van der Waals surface area contributed by atoms with Gasteiger partial charge in [-0.05, 0) is 35.2 Å². The molecular formula is C21H24F3N3O2S. The molecule has 0 radical (unpaired) electrons. The van der Waals surface area contributed by atoms with Crippen molar-refractivity contribution in [2.75, 3.05) is 32.7 Å². The van der Waals surface area contributed by atoms with Crippen LogP contribution in [0.5, 0.6) is 0 Å². The Bertz CT molecular complexity index is 985. The number of halogens is 3. The van der Waals surface area contributed by atoms with E-state index in [4.69, 9.17) is 0 Å². The summed E-state index contributed by atoms with van der Waals surface area (Å²) in [7, 11) is -3.53. The van der Waals surface area contributed by atoms with Crippen LogP contribution in [-0.4, -0.2) is 54.7 Å². The van der Waals surface area contributed by atoms with Crippen molar-refractivity contribution in [3.63, 3.8) is 0 Å². The first-order chi connectivity index (χ1) is 14.2. The van der Waals surface area contributed by atoms with Crippen LogP contribution in [-0.2, 0) is 35.9 Å². The van der Waals surface area contributed by atoms with Gasteiger partial charge >= 0.3 is 6.18 Å². The van der Waals surface area contributed by atoms with Crippen molar-refractivity contribution in [1.82, 2.24) is 13.5 Å². The zero-order valence-electron chi connectivity index (χ0n) is 16.5. The van der Waals surface area contributed by atoms with Gasteiger partial charge in [0.2, 0.25) is 0 Å². The predicted octanol–water partition coefficient (Wildman–Crippen LogP) is 3.13. The number of rotatable bonds is 4. The molecule has 30 heavy (non-hydrogen) atoms. The molecule has 9 heteroatoms. The summed E-state index contributed by atoms with van der Waals surface area (Å²) in [5.41, 5.74) is 2.37. The number of nitrogens with zero attached hydrogens (tertiary/aromatic N) is 3. The van der Waals surface area contributed by atoms with Crippen molar-refractivity contribution in [1.29, 1.82) is 0 Å². The lowest BCUT2D eigenvalue weighted by Crippen LogP contribution is -2.53. The van der Waals surface area contributed by atoms with Crippen molar-refractivity contribution in [3.05, 3.63) is 70.8 Å². The third kappa shape index (κ3) is 4.54. The monoisotopic (exact) mass is 439 g/mol. The number of benzene rings is 2. The number of alkyl halides is 3. The molecule has 0 unspecified atom stereocenters. The molecular weight excluding hydrogens is 415 g/mol. The molecule has 4 rings (SSSR count). The first-order valence-corrected chi connectivity index (χ1v) is 11.3. The summed E-state index contributed by atoms with van der Waals surface area (Å²) < 4.78 is 67.3. The van der Waals surface area contributed by atoms with E-state index < -0.39 is 21.9 Å². The quantitative estimate of drug-likeness (QED) is 0.735. The van der Waals surface area contributed by atoms with Crippen LogP contribution in [0.25, 0.3) is 0 Å². The molecule has 2 aromatic rings. The molecule has 5 nitrogen and oxygen atoms in total. The Morgan fingerprint density at radius 2 is 1.43 bits per heavy atom. The fourth-order valence-corrected chi connectivity index (χ4v) is 5.58. The average Bonchev–Trinajstić information content (AvgIpc) is 2.73. The van der Waals surface area contributed by atoms with Gasteiger partial charge in [0, 0.05) is 45.8 Å². The summed E-state index contributed by atoms with van der Waals surface area (Å²) in [6.07, 6.45) is -3.63. The maximum absolute atomic E-state index is 13.1. The lowest BCUT2D eigenvalue weighted by atomic mass is 10.0. The normalized spacial score (nSPS) is 19.6. The topological polar surface area (TPSA) is 43.9 Å². The first-order valence-electron chi connectivity index (χ1n) is 9.94. The Hall–Kier alpha value is -1.94. The fourth-order valence-electron chi connectivity index (χ4n) is 4.01. The highest BCUT2D eigenvalue weighted by Crippen LogP contribution is 2.29. The minimum absolute atomic E-state index is 0.376. The van der Waals surface area contributed by atoms with Crippen LogP contribution >= 0.6 is 0 Å². The molecule has 0 atom stereocenters. The van der Waals surface area contributed by atoms with Crippen LogP contribution < -0.4 is 0 Å². The molecule has 0 spiro atoms. The first kappa shape index (κ1) is 21.3. The SMILES string of the molecule is O=S(=O)(N1CCN(Cc2ccc(C(F)(F)F)cc2)CC1)N1CCc2ccccc2C1. The molecule has 1 fully saturated rings. The van der Waals surface area contributed by atoms with E-state index in [0.29, 0.717) is 52.2 Å². The van der Waals surface area contributed by atoms with Gasteiger partial charge in [-0.3, -0.25) is 4.90 Å². The zero-order valence-corrected chi connectivity index (χ0v) is 17.3. The molecule has 1 saturated heterocycles. The summed E-state index contributed by atoms with van der Waals surface area (Å²) in [5, 5.41) is 0. The molecule has 2 heterocycles. The zero-order chi connectivity index (χ0) is 21.4. The summed E-state index contributed by atoms with van der Waals surface area (Å²) in [6, 6.07) is 13.1. The molecule has 0 aliphatic carbocycles. The summed E-state index contributed by atoms with van der Waals surface area (Å²) in [5.74, 6) is 0. The number of hydrogen-bond donors (Lipinski definition) is 0. The van der Waals surface area contributed by atoms with Crippen LogP contribution in [0.2, 0.25) is 0 Å². The molecule has 0 N–H and O–H groups in total. The van der Waals surface area contributed by atoms with E-state index in [2.05, 4.69) is 4.90 Å². The van der Waals surface area contributed by atoms with Gasteiger partial charge in [-0.2, -0.15) is 30.2 Å². The second-order valence-electron chi connectivity index (χ2n) is 7.73. The van der Waals surface area contributed by atoms with Gasteiger partial charge in [-0.25, -0.2) is 0 Å². The maximum Gasteiger partial charge on any atom is 0.416 e. The molecule has 2 aliphatic rings. The molecule has 162 valence electrons. The number of fused-ring (bicyclic) bond motifs is 1. The Kier molecular flexibility index (Phi) is 5.89. The fraction of sp³-hybridized carbons (Fsp3) is 0.429. The summed E-state index contributed by atoms with van der Waals surface area (Å²) in [4.78, 5) is 2.07. The minimum atomic E-state index is -4.34. The maximum atomic E-state index is 13.1. The van der Waals surface area contributed by atoms with Crippen molar-refractivity contribution in [2.24, 2.45) is 0 Å². The lowest BCUT2D eigenvalue weighted by Gasteiger charge is -2.38. The highest BCUT2D eigenvalue weighted by molar-refractivity contribution is 7.86. The van der Waals surface area contributed by atoms with Gasteiger partial charge < -0.3 is 0 Å². The summed E-state index contributed by atoms with van der Waals surface area (Å²) in [6.45, 7) is 3.22. The minimum Gasteiger partial charge on any atom is -0.296 e. The largest absolute Gasteiger partial charge is 0.416 e. The van der Waals surface area contributed by atoms with E-state index in [0.717, 1.165) is 23.3 Å². The molecule has 0 aromatic heterocycles. The van der Waals surface area contributed by atoms with Crippen molar-refractivity contribution >= 4 is 10.2 Å². The van der Waals surface area contributed by atoms with Gasteiger partial charge in [0.25, 0.3) is 10.2 Å². The molecule has 0 amide bonds. The van der Waals surface area contributed by atoms with Crippen LogP contribution in [0.3, 0.4) is 0 Å². The van der Waals surface area contributed by atoms with E-state index in [-0.39, 0.29) is 0 Å². The van der Waals surface area contributed by atoms with Crippen LogP contribution in [0.4, 0.5) is 13.2 Å². The van der Waals surface area contributed by atoms with Crippen molar-refractivity contribution < 1.29 is 21.6 Å². The van der Waals surface area contributed by atoms with Crippen molar-refractivity contribution in [3.8, 4) is 0 Å². The van der Waals surface area contributed by atoms with Gasteiger partial charge in [0.05, 0.1) is 5.56 Å². The highest BCUT2D eigenvalue weighted by atomic mass is 32.2. The van der Waals surface area contributed by atoms with Gasteiger partial charge in [0.15, 0.2) is 0 Å². The third-order valence-corrected chi connectivity index (χ3v) is 7.75. The second-order valence-corrected chi connectivity index (χ2v) is 9.66. The van der Waals surface area contributed by atoms with Crippen LogP contribution in [0.15, 0.2) is 48.5 Å². The van der Waals surface area contributed by atoms with E-state index in [1.165, 1.54) is 22.0 Å². The van der Waals surface area contributed by atoms with E-state index in [1.54, 1.807) is 4.31 Å². The van der Waals surface area contributed by atoms with Crippen molar-refractivity contribution in [2.45, 2.75) is 25.7 Å². The van der Waals surface area contributed by atoms with Crippen LogP contribution in [0.1, 0.15) is 22.3 Å². The Labute approximate surface area is 174 Å². The standard InChI is InChI=1S/C21H24F3N3O2S/c22-21(23,24)20-7-5-17(6-8-20)15-25-11-13-26(14-12-25)30(28,29)27-10-9-18-3-1-2-4-19(18)16-27/h1-8H,9-16H2. The lowest BCUT2D eigenvalue weighted by molar-refractivity contribution is -0.137. The smallest absolute Gasteiger partial charge is 0.296 e. The average molecular weight is 440 g/mol.